The lowest BCUT2D eigenvalue weighted by molar-refractivity contribution is 0.151. The van der Waals surface area contributed by atoms with Crippen molar-refractivity contribution in [2.75, 3.05) is 7.05 Å². The second-order valence-electron chi connectivity index (χ2n) is 3.55. The van der Waals surface area contributed by atoms with Crippen molar-refractivity contribution in [2.24, 2.45) is 9.98 Å². The molecule has 0 atom stereocenters. The van der Waals surface area contributed by atoms with Crippen molar-refractivity contribution in [3.8, 4) is 0 Å². The maximum Gasteiger partial charge on any atom is 0.434 e. The van der Waals surface area contributed by atoms with Crippen molar-refractivity contribution in [3.05, 3.63) is 35.9 Å². The van der Waals surface area contributed by atoms with Gasteiger partial charge in [0.05, 0.1) is 11.4 Å². The van der Waals surface area contributed by atoms with Crippen molar-refractivity contribution in [1.82, 2.24) is 0 Å². The Balaban J connectivity index is 2.51. The minimum Gasteiger partial charge on any atom is -0.443 e. The molecule has 0 aliphatic rings. The Bertz CT molecular complexity index is 436. The van der Waals surface area contributed by atoms with E-state index in [4.69, 9.17) is 4.74 Å². The summed E-state index contributed by atoms with van der Waals surface area (Å²) in [5.41, 5.74) is 2.24. The molecule has 0 unspecified atom stereocenters. The number of rotatable bonds is 3. The summed E-state index contributed by atoms with van der Waals surface area (Å²) in [4.78, 5) is 19.1. The number of carbonyl (C=O) groups excluding carboxylic acids is 1. The van der Waals surface area contributed by atoms with Gasteiger partial charge >= 0.3 is 6.09 Å². The standard InChI is InChI=1S/C13H16N2O2/c1-10(14-3)11(2)15-13(16)17-9-12-7-5-4-6-8-12/h4-8H,9H2,1-3H3. The van der Waals surface area contributed by atoms with Crippen LogP contribution >= 0.6 is 0 Å². The van der Waals surface area contributed by atoms with Crippen molar-refractivity contribution in [3.63, 3.8) is 0 Å². The molecule has 0 saturated heterocycles. The van der Waals surface area contributed by atoms with Crippen LogP contribution in [0.4, 0.5) is 4.79 Å². The van der Waals surface area contributed by atoms with E-state index in [2.05, 4.69) is 9.98 Å². The predicted molar refractivity (Wildman–Crippen MR) is 68.8 cm³/mol. The quantitative estimate of drug-likeness (QED) is 0.752. The van der Waals surface area contributed by atoms with Crippen LogP contribution < -0.4 is 0 Å². The minimum atomic E-state index is -0.589. The largest absolute Gasteiger partial charge is 0.443 e. The van der Waals surface area contributed by atoms with Gasteiger partial charge in [-0.25, -0.2) is 4.79 Å². The summed E-state index contributed by atoms with van der Waals surface area (Å²) >= 11 is 0. The van der Waals surface area contributed by atoms with Gasteiger partial charge in [0.1, 0.15) is 6.61 Å². The van der Waals surface area contributed by atoms with E-state index in [0.717, 1.165) is 11.3 Å². The zero-order valence-corrected chi connectivity index (χ0v) is 10.3. The molecule has 90 valence electrons. The molecule has 1 aromatic rings. The maximum atomic E-state index is 11.4. The average molecular weight is 232 g/mol. The average Bonchev–Trinajstić information content (AvgIpc) is 2.36. The minimum absolute atomic E-state index is 0.235. The first kappa shape index (κ1) is 13.1. The van der Waals surface area contributed by atoms with Crippen LogP contribution in [0.1, 0.15) is 19.4 Å². The predicted octanol–water partition coefficient (Wildman–Crippen LogP) is 2.87. The van der Waals surface area contributed by atoms with Gasteiger partial charge in [-0.3, -0.25) is 4.99 Å². The summed E-state index contributed by atoms with van der Waals surface area (Å²) in [5.74, 6) is 0. The summed E-state index contributed by atoms with van der Waals surface area (Å²) in [6, 6.07) is 9.48. The van der Waals surface area contributed by atoms with Crippen LogP contribution in [-0.2, 0) is 11.3 Å². The van der Waals surface area contributed by atoms with Gasteiger partial charge in [0.25, 0.3) is 0 Å². The number of hydrogen-bond donors (Lipinski definition) is 0. The summed E-state index contributed by atoms with van der Waals surface area (Å²) in [6.07, 6.45) is -0.589. The fourth-order valence-electron chi connectivity index (χ4n) is 1.13. The second kappa shape index (κ2) is 6.58. The SMILES string of the molecule is CN=C(C)C(C)=NC(=O)OCc1ccccc1. The lowest BCUT2D eigenvalue weighted by atomic mass is 10.2. The molecule has 0 aliphatic heterocycles. The van der Waals surface area contributed by atoms with E-state index < -0.39 is 6.09 Å². The lowest BCUT2D eigenvalue weighted by Crippen LogP contribution is -2.09. The van der Waals surface area contributed by atoms with Gasteiger partial charge < -0.3 is 4.74 Å². The summed E-state index contributed by atoms with van der Waals surface area (Å²) in [5, 5.41) is 0. The molecule has 1 aromatic carbocycles. The molecular formula is C13H16N2O2. The first-order chi connectivity index (χ1) is 8.13. The van der Waals surface area contributed by atoms with E-state index >= 15 is 0 Å². The number of hydrogen-bond acceptors (Lipinski definition) is 3. The number of amides is 1. The molecule has 1 rings (SSSR count). The Kier molecular flexibility index (Phi) is 5.07. The van der Waals surface area contributed by atoms with E-state index in [1.807, 2.05) is 30.3 Å². The highest BCUT2D eigenvalue weighted by Gasteiger charge is 2.03. The summed E-state index contributed by atoms with van der Waals surface area (Å²) in [6.45, 7) is 3.76. The topological polar surface area (TPSA) is 51.0 Å². The highest BCUT2D eigenvalue weighted by Crippen LogP contribution is 2.01. The first-order valence-corrected chi connectivity index (χ1v) is 5.33. The van der Waals surface area contributed by atoms with E-state index in [1.165, 1.54) is 0 Å². The fourth-order valence-corrected chi connectivity index (χ4v) is 1.13. The highest BCUT2D eigenvalue weighted by molar-refractivity contribution is 6.41. The summed E-state index contributed by atoms with van der Waals surface area (Å²) < 4.78 is 5.01. The molecule has 0 heterocycles. The van der Waals surface area contributed by atoms with Crippen LogP contribution in [0.2, 0.25) is 0 Å². The van der Waals surface area contributed by atoms with Gasteiger partial charge in [0, 0.05) is 7.05 Å². The molecule has 4 nitrogen and oxygen atoms in total. The van der Waals surface area contributed by atoms with Crippen LogP contribution in [0.15, 0.2) is 40.3 Å². The second-order valence-corrected chi connectivity index (χ2v) is 3.55. The first-order valence-electron chi connectivity index (χ1n) is 5.33. The zero-order valence-electron chi connectivity index (χ0n) is 10.3. The number of aliphatic imine (C=N–C) groups is 2. The lowest BCUT2D eigenvalue weighted by Gasteiger charge is -2.02. The molecule has 0 spiro atoms. The van der Waals surface area contributed by atoms with Crippen LogP contribution in [0.5, 0.6) is 0 Å². The van der Waals surface area contributed by atoms with Crippen LogP contribution in [0.25, 0.3) is 0 Å². The van der Waals surface area contributed by atoms with Gasteiger partial charge in [0.2, 0.25) is 0 Å². The third kappa shape index (κ3) is 4.59. The Hall–Kier alpha value is -1.97. The zero-order chi connectivity index (χ0) is 12.7. The van der Waals surface area contributed by atoms with Gasteiger partial charge in [-0.15, -0.1) is 0 Å². The van der Waals surface area contributed by atoms with Crippen molar-refractivity contribution in [2.45, 2.75) is 20.5 Å². The third-order valence-electron chi connectivity index (χ3n) is 2.32. The molecule has 17 heavy (non-hydrogen) atoms. The number of benzene rings is 1. The van der Waals surface area contributed by atoms with Gasteiger partial charge in [0.15, 0.2) is 0 Å². The monoisotopic (exact) mass is 232 g/mol. The van der Waals surface area contributed by atoms with Crippen LogP contribution in [0, 0.1) is 0 Å². The van der Waals surface area contributed by atoms with Gasteiger partial charge in [-0.2, -0.15) is 4.99 Å². The molecule has 0 saturated carbocycles. The molecule has 0 fully saturated rings. The molecule has 0 aromatic heterocycles. The van der Waals surface area contributed by atoms with Gasteiger partial charge in [-0.1, -0.05) is 30.3 Å². The maximum absolute atomic E-state index is 11.4. The number of nitrogens with zero attached hydrogens (tertiary/aromatic N) is 2. The van der Waals surface area contributed by atoms with Gasteiger partial charge in [-0.05, 0) is 19.4 Å². The molecule has 4 heteroatoms. The smallest absolute Gasteiger partial charge is 0.434 e. The van der Waals surface area contributed by atoms with E-state index in [9.17, 15) is 4.79 Å². The van der Waals surface area contributed by atoms with Crippen molar-refractivity contribution in [1.29, 1.82) is 0 Å². The molecule has 0 aliphatic carbocycles. The number of carbonyl (C=O) groups is 1. The molecule has 0 N–H and O–H groups in total. The fraction of sp³-hybridized carbons (Fsp3) is 0.308. The van der Waals surface area contributed by atoms with Crippen molar-refractivity contribution < 1.29 is 9.53 Å². The Morgan fingerprint density at radius 1 is 1.18 bits per heavy atom. The van der Waals surface area contributed by atoms with Crippen LogP contribution in [0.3, 0.4) is 0 Å². The normalized spacial score (nSPS) is 12.4. The Morgan fingerprint density at radius 3 is 2.41 bits per heavy atom. The number of ether oxygens (including phenoxy) is 1. The van der Waals surface area contributed by atoms with Crippen molar-refractivity contribution >= 4 is 17.5 Å². The Labute approximate surface area is 101 Å². The van der Waals surface area contributed by atoms with E-state index in [-0.39, 0.29) is 6.61 Å². The molecule has 0 bridgehead atoms. The third-order valence-corrected chi connectivity index (χ3v) is 2.32. The molecule has 1 amide bonds. The van der Waals surface area contributed by atoms with Crippen LogP contribution in [-0.4, -0.2) is 24.6 Å². The molecule has 0 radical (unpaired) electrons. The molecular weight excluding hydrogens is 216 g/mol. The Morgan fingerprint density at radius 2 is 1.82 bits per heavy atom. The highest BCUT2D eigenvalue weighted by atomic mass is 16.5. The van der Waals surface area contributed by atoms with E-state index in [0.29, 0.717) is 5.71 Å². The summed E-state index contributed by atoms with van der Waals surface area (Å²) in [7, 11) is 1.66. The van der Waals surface area contributed by atoms with E-state index in [1.54, 1.807) is 20.9 Å².